The molecule has 0 unspecified atom stereocenters. The van der Waals surface area contributed by atoms with E-state index in [9.17, 15) is 4.79 Å². The normalized spacial score (nSPS) is 11.2. The van der Waals surface area contributed by atoms with Crippen molar-refractivity contribution in [2.24, 2.45) is 0 Å². The molecule has 0 amide bonds. The standard InChI is InChI=1S/C22H44O10/c1-3-4-5-24-6-7-25-8-9-26-10-11-27-12-13-28-14-15-29-16-17-30-18-19-31-20-21-32-22(2)23/h3-21H2,1-2H3. The second kappa shape index (κ2) is 28.2. The Labute approximate surface area is 193 Å². The van der Waals surface area contributed by atoms with Gasteiger partial charge in [-0.05, 0) is 6.42 Å². The van der Waals surface area contributed by atoms with Gasteiger partial charge in [-0.1, -0.05) is 13.3 Å². The van der Waals surface area contributed by atoms with Crippen molar-refractivity contribution < 1.29 is 47.4 Å². The minimum atomic E-state index is -0.305. The third-order valence-corrected chi connectivity index (χ3v) is 3.78. The van der Waals surface area contributed by atoms with Gasteiger partial charge in [-0.25, -0.2) is 0 Å². The summed E-state index contributed by atoms with van der Waals surface area (Å²) in [6, 6.07) is 0. The molecule has 0 aliphatic rings. The van der Waals surface area contributed by atoms with Crippen molar-refractivity contribution >= 4 is 5.97 Å². The number of esters is 1. The largest absolute Gasteiger partial charge is 0.463 e. The molecule has 0 spiro atoms. The smallest absolute Gasteiger partial charge is 0.302 e. The van der Waals surface area contributed by atoms with Gasteiger partial charge in [0.05, 0.1) is 99.1 Å². The van der Waals surface area contributed by atoms with Crippen molar-refractivity contribution in [2.45, 2.75) is 26.7 Å². The first-order valence-corrected chi connectivity index (χ1v) is 11.5. The van der Waals surface area contributed by atoms with Gasteiger partial charge in [0.2, 0.25) is 0 Å². The lowest BCUT2D eigenvalue weighted by Crippen LogP contribution is -2.15. The topological polar surface area (TPSA) is 100 Å². The molecule has 0 atom stereocenters. The van der Waals surface area contributed by atoms with Crippen molar-refractivity contribution in [3.63, 3.8) is 0 Å². The molecule has 0 aliphatic carbocycles. The summed E-state index contributed by atoms with van der Waals surface area (Å²) in [5.74, 6) is -0.305. The van der Waals surface area contributed by atoms with Crippen LogP contribution in [0.25, 0.3) is 0 Å². The predicted octanol–water partition coefficient (Wildman–Crippen LogP) is 1.48. The van der Waals surface area contributed by atoms with Gasteiger partial charge in [0.15, 0.2) is 0 Å². The highest BCUT2D eigenvalue weighted by molar-refractivity contribution is 5.65. The molecule has 0 fully saturated rings. The Hall–Kier alpha value is -0.850. The number of ether oxygens (including phenoxy) is 9. The maximum Gasteiger partial charge on any atom is 0.302 e. The quantitative estimate of drug-likeness (QED) is 0.130. The molecule has 0 N–H and O–H groups in total. The zero-order chi connectivity index (χ0) is 23.4. The van der Waals surface area contributed by atoms with Crippen molar-refractivity contribution in [3.8, 4) is 0 Å². The Kier molecular flexibility index (Phi) is 27.4. The van der Waals surface area contributed by atoms with Crippen LogP contribution in [0.1, 0.15) is 26.7 Å². The maximum absolute atomic E-state index is 10.5. The fraction of sp³-hybridized carbons (Fsp3) is 0.955. The van der Waals surface area contributed by atoms with E-state index < -0.39 is 0 Å². The van der Waals surface area contributed by atoms with Crippen LogP contribution in [0.4, 0.5) is 0 Å². The second-order valence-electron chi connectivity index (χ2n) is 6.59. The number of hydrogen-bond acceptors (Lipinski definition) is 10. The Bertz CT molecular complexity index is 371. The molecule has 0 aromatic rings. The summed E-state index contributed by atoms with van der Waals surface area (Å²) in [5.41, 5.74) is 0. The Morgan fingerprint density at radius 2 is 0.688 bits per heavy atom. The van der Waals surface area contributed by atoms with Gasteiger partial charge in [-0.3, -0.25) is 4.79 Å². The van der Waals surface area contributed by atoms with Gasteiger partial charge in [0.25, 0.3) is 0 Å². The van der Waals surface area contributed by atoms with Gasteiger partial charge in [-0.15, -0.1) is 0 Å². The van der Waals surface area contributed by atoms with Crippen molar-refractivity contribution in [3.05, 3.63) is 0 Å². The van der Waals surface area contributed by atoms with E-state index in [1.165, 1.54) is 6.92 Å². The summed E-state index contributed by atoms with van der Waals surface area (Å²) < 4.78 is 47.8. The van der Waals surface area contributed by atoms with Crippen LogP contribution >= 0.6 is 0 Å². The molecule has 0 aliphatic heterocycles. The van der Waals surface area contributed by atoms with Crippen LogP contribution in [0.2, 0.25) is 0 Å². The SMILES string of the molecule is CCCCOCCOCCOCCOCCOCCOCCOCCOCCOC(C)=O. The molecule has 0 radical (unpaired) electrons. The first kappa shape index (κ1) is 31.1. The third kappa shape index (κ3) is 29.1. The van der Waals surface area contributed by atoms with Crippen LogP contribution in [-0.4, -0.2) is 118 Å². The molecule has 0 saturated carbocycles. The summed E-state index contributed by atoms with van der Waals surface area (Å²) in [6.07, 6.45) is 2.24. The number of hydrogen-bond donors (Lipinski definition) is 0. The minimum Gasteiger partial charge on any atom is -0.463 e. The average molecular weight is 469 g/mol. The molecule has 0 aromatic carbocycles. The number of carbonyl (C=O) groups is 1. The summed E-state index contributed by atoms with van der Waals surface area (Å²) in [6.45, 7) is 12.4. The van der Waals surface area contributed by atoms with Gasteiger partial charge < -0.3 is 42.6 Å². The molecule has 10 heteroatoms. The predicted molar refractivity (Wildman–Crippen MR) is 118 cm³/mol. The minimum absolute atomic E-state index is 0.266. The summed E-state index contributed by atoms with van der Waals surface area (Å²) in [7, 11) is 0. The van der Waals surface area contributed by atoms with Gasteiger partial charge in [0, 0.05) is 13.5 Å². The van der Waals surface area contributed by atoms with E-state index in [-0.39, 0.29) is 12.6 Å². The summed E-state index contributed by atoms with van der Waals surface area (Å²) in [5, 5.41) is 0. The van der Waals surface area contributed by atoms with E-state index in [0.717, 1.165) is 19.4 Å². The van der Waals surface area contributed by atoms with E-state index >= 15 is 0 Å². The van der Waals surface area contributed by atoms with E-state index in [4.69, 9.17) is 42.6 Å². The van der Waals surface area contributed by atoms with Crippen molar-refractivity contribution in [1.82, 2.24) is 0 Å². The van der Waals surface area contributed by atoms with Gasteiger partial charge >= 0.3 is 5.97 Å². The van der Waals surface area contributed by atoms with E-state index in [1.54, 1.807) is 0 Å². The fourth-order valence-corrected chi connectivity index (χ4v) is 2.13. The summed E-state index contributed by atoms with van der Waals surface area (Å²) in [4.78, 5) is 10.5. The lowest BCUT2D eigenvalue weighted by atomic mass is 10.4. The average Bonchev–Trinajstić information content (AvgIpc) is 2.78. The molecule has 0 rings (SSSR count). The van der Waals surface area contributed by atoms with Crippen LogP contribution in [0.3, 0.4) is 0 Å². The van der Waals surface area contributed by atoms with E-state index in [2.05, 4.69) is 6.92 Å². The number of unbranched alkanes of at least 4 members (excludes halogenated alkanes) is 1. The molecule has 0 aromatic heterocycles. The monoisotopic (exact) mass is 468 g/mol. The van der Waals surface area contributed by atoms with Gasteiger partial charge in [-0.2, -0.15) is 0 Å². The molecule has 10 nitrogen and oxygen atoms in total. The third-order valence-electron chi connectivity index (χ3n) is 3.78. The maximum atomic E-state index is 10.5. The lowest BCUT2D eigenvalue weighted by Gasteiger charge is -2.08. The highest BCUT2D eigenvalue weighted by Crippen LogP contribution is 1.88. The molecular weight excluding hydrogens is 424 g/mol. The summed E-state index contributed by atoms with van der Waals surface area (Å²) >= 11 is 0. The highest BCUT2D eigenvalue weighted by atomic mass is 16.6. The molecule has 32 heavy (non-hydrogen) atoms. The zero-order valence-electron chi connectivity index (χ0n) is 20.0. The van der Waals surface area contributed by atoms with Crippen molar-refractivity contribution in [2.75, 3.05) is 112 Å². The number of carbonyl (C=O) groups excluding carboxylic acids is 1. The van der Waals surface area contributed by atoms with Crippen LogP contribution in [0.15, 0.2) is 0 Å². The van der Waals surface area contributed by atoms with Crippen LogP contribution in [0, 0.1) is 0 Å². The Balaban J connectivity index is 3.00. The molecule has 0 bridgehead atoms. The van der Waals surface area contributed by atoms with E-state index in [1.807, 2.05) is 0 Å². The first-order valence-electron chi connectivity index (χ1n) is 11.5. The van der Waals surface area contributed by atoms with Crippen LogP contribution in [-0.2, 0) is 47.4 Å². The van der Waals surface area contributed by atoms with E-state index in [0.29, 0.717) is 99.1 Å². The highest BCUT2D eigenvalue weighted by Gasteiger charge is 1.96. The molecule has 0 saturated heterocycles. The molecule has 0 heterocycles. The van der Waals surface area contributed by atoms with Crippen LogP contribution in [0.5, 0.6) is 0 Å². The molecule has 192 valence electrons. The molecular formula is C22H44O10. The van der Waals surface area contributed by atoms with Crippen LogP contribution < -0.4 is 0 Å². The fourth-order valence-electron chi connectivity index (χ4n) is 2.13. The Morgan fingerprint density at radius 1 is 0.438 bits per heavy atom. The number of rotatable bonds is 27. The van der Waals surface area contributed by atoms with Crippen molar-refractivity contribution in [1.29, 1.82) is 0 Å². The van der Waals surface area contributed by atoms with Gasteiger partial charge in [0.1, 0.15) is 6.61 Å². The lowest BCUT2D eigenvalue weighted by molar-refractivity contribution is -0.142. The first-order chi connectivity index (χ1) is 15.8. The zero-order valence-corrected chi connectivity index (χ0v) is 20.0. The second-order valence-corrected chi connectivity index (χ2v) is 6.59. The Morgan fingerprint density at radius 3 is 0.938 bits per heavy atom.